The van der Waals surface area contributed by atoms with Crippen molar-refractivity contribution < 1.29 is 33.9 Å². The maximum Gasteiger partial charge on any atom is 0.336 e. The first-order valence-corrected chi connectivity index (χ1v) is 8.46. The van der Waals surface area contributed by atoms with Crippen molar-refractivity contribution >= 4 is 23.6 Å². The second kappa shape index (κ2) is 8.55. The molecule has 0 saturated heterocycles. The number of aliphatic carboxylic acids is 1. The van der Waals surface area contributed by atoms with Gasteiger partial charge in [-0.3, -0.25) is 14.9 Å². The third-order valence-electron chi connectivity index (χ3n) is 4.72. The molecule has 1 aromatic rings. The van der Waals surface area contributed by atoms with Gasteiger partial charge in [-0.05, 0) is 13.8 Å². The average molecular weight is 404 g/mol. The van der Waals surface area contributed by atoms with Crippen LogP contribution in [-0.2, 0) is 23.9 Å². The third-order valence-corrected chi connectivity index (χ3v) is 4.72. The Balaban J connectivity index is 2.91. The lowest BCUT2D eigenvalue weighted by Crippen LogP contribution is -2.37. The zero-order chi connectivity index (χ0) is 21.9. The Hall–Kier alpha value is -3.69. The molecule has 0 unspecified atom stereocenters. The number of para-hydroxylation sites is 1. The number of carboxylic acids is 1. The zero-order valence-corrected chi connectivity index (χ0v) is 16.3. The summed E-state index contributed by atoms with van der Waals surface area (Å²) in [7, 11) is 2.26. The molecule has 0 fully saturated rings. The smallest absolute Gasteiger partial charge is 0.336 e. The number of benzene rings is 1. The van der Waals surface area contributed by atoms with Crippen molar-refractivity contribution in [2.45, 2.75) is 19.8 Å². The minimum atomic E-state index is -1.19. The molecule has 0 amide bonds. The Morgan fingerprint density at radius 1 is 1.07 bits per heavy atom. The lowest BCUT2D eigenvalue weighted by Gasteiger charge is -2.36. The van der Waals surface area contributed by atoms with Crippen LogP contribution in [0, 0.1) is 10.1 Å². The summed E-state index contributed by atoms with van der Waals surface area (Å²) in [6.45, 7) is 2.46. The van der Waals surface area contributed by atoms with Crippen molar-refractivity contribution in [1.82, 2.24) is 4.90 Å². The van der Waals surface area contributed by atoms with Gasteiger partial charge in [0.15, 0.2) is 0 Å². The molecule has 0 aromatic heterocycles. The largest absolute Gasteiger partial charge is 0.480 e. The fourth-order valence-electron chi connectivity index (χ4n) is 3.44. The first-order valence-electron chi connectivity index (χ1n) is 8.46. The summed E-state index contributed by atoms with van der Waals surface area (Å²) in [4.78, 5) is 48.8. The quantitative estimate of drug-likeness (QED) is 0.428. The van der Waals surface area contributed by atoms with Crippen molar-refractivity contribution in [2.24, 2.45) is 0 Å². The van der Waals surface area contributed by atoms with E-state index >= 15 is 0 Å². The number of esters is 2. The molecule has 0 atom stereocenters. The van der Waals surface area contributed by atoms with E-state index in [1.54, 1.807) is 6.07 Å². The van der Waals surface area contributed by atoms with Crippen LogP contribution in [0.1, 0.15) is 25.3 Å². The van der Waals surface area contributed by atoms with Gasteiger partial charge >= 0.3 is 17.9 Å². The summed E-state index contributed by atoms with van der Waals surface area (Å²) in [5, 5.41) is 20.8. The van der Waals surface area contributed by atoms with E-state index in [1.807, 2.05) is 0 Å². The Morgan fingerprint density at radius 2 is 1.55 bits per heavy atom. The molecule has 0 radical (unpaired) electrons. The van der Waals surface area contributed by atoms with Gasteiger partial charge in [0.2, 0.25) is 0 Å². The minimum absolute atomic E-state index is 0.0750. The first kappa shape index (κ1) is 21.6. The maximum absolute atomic E-state index is 12.6. The normalized spacial score (nSPS) is 14.7. The van der Waals surface area contributed by atoms with Gasteiger partial charge in [0, 0.05) is 23.0 Å². The standard InChI is InChI=1S/C19H20N2O8/c1-10-15(18(24)28-3)17(12-7-5-6-8-13(12)21(26)27)16(19(25)29-4)11(2)20(10)9-14(22)23/h5-8,17H,9H2,1-4H3,(H,22,23). The van der Waals surface area contributed by atoms with Gasteiger partial charge in [0.05, 0.1) is 36.2 Å². The van der Waals surface area contributed by atoms with Crippen molar-refractivity contribution in [3.05, 3.63) is 62.5 Å². The Morgan fingerprint density at radius 3 is 1.97 bits per heavy atom. The molecule has 1 aliphatic heterocycles. The number of carbonyl (C=O) groups is 3. The predicted molar refractivity (Wildman–Crippen MR) is 99.6 cm³/mol. The van der Waals surface area contributed by atoms with Crippen LogP contribution in [-0.4, -0.2) is 53.6 Å². The number of nitro groups is 1. The van der Waals surface area contributed by atoms with Crippen LogP contribution >= 0.6 is 0 Å². The molecular weight excluding hydrogens is 384 g/mol. The van der Waals surface area contributed by atoms with Crippen LogP contribution in [0.3, 0.4) is 0 Å². The monoisotopic (exact) mass is 404 g/mol. The van der Waals surface area contributed by atoms with Crippen LogP contribution in [0.25, 0.3) is 0 Å². The number of hydrogen-bond donors (Lipinski definition) is 1. The van der Waals surface area contributed by atoms with Crippen LogP contribution in [0.5, 0.6) is 0 Å². The summed E-state index contributed by atoms with van der Waals surface area (Å²) < 4.78 is 9.69. The Bertz CT molecular complexity index is 907. The van der Waals surface area contributed by atoms with Gasteiger partial charge in [-0.15, -0.1) is 0 Å². The second-order valence-corrected chi connectivity index (χ2v) is 6.21. The summed E-state index contributed by atoms with van der Waals surface area (Å²) >= 11 is 0. The van der Waals surface area contributed by atoms with E-state index < -0.39 is 35.3 Å². The number of rotatable bonds is 6. The van der Waals surface area contributed by atoms with Gasteiger partial charge in [-0.2, -0.15) is 0 Å². The number of nitrogens with zero attached hydrogens (tertiary/aromatic N) is 2. The molecule has 2 rings (SSSR count). The summed E-state index contributed by atoms with van der Waals surface area (Å²) in [5.41, 5.74) is 0.0720. The van der Waals surface area contributed by atoms with E-state index in [2.05, 4.69) is 0 Å². The van der Waals surface area contributed by atoms with Crippen LogP contribution in [0.15, 0.2) is 46.8 Å². The molecule has 154 valence electrons. The highest BCUT2D eigenvalue weighted by Gasteiger charge is 2.43. The van der Waals surface area contributed by atoms with E-state index in [-0.39, 0.29) is 33.8 Å². The average Bonchev–Trinajstić information content (AvgIpc) is 2.69. The number of ether oxygens (including phenoxy) is 2. The van der Waals surface area contributed by atoms with E-state index in [1.165, 1.54) is 36.9 Å². The molecule has 0 bridgehead atoms. The number of hydrogen-bond acceptors (Lipinski definition) is 8. The number of nitro benzene ring substituents is 1. The molecule has 0 spiro atoms. The van der Waals surface area contributed by atoms with Crippen molar-refractivity contribution in [1.29, 1.82) is 0 Å². The molecule has 0 saturated carbocycles. The summed E-state index contributed by atoms with van der Waals surface area (Å²) in [6.07, 6.45) is 0. The van der Waals surface area contributed by atoms with Gasteiger partial charge in [-0.25, -0.2) is 9.59 Å². The predicted octanol–water partition coefficient (Wildman–Crippen LogP) is 1.97. The molecule has 1 N–H and O–H groups in total. The molecule has 1 heterocycles. The molecule has 29 heavy (non-hydrogen) atoms. The first-order chi connectivity index (χ1) is 13.6. The fourth-order valence-corrected chi connectivity index (χ4v) is 3.44. The van der Waals surface area contributed by atoms with Crippen molar-refractivity contribution in [3.8, 4) is 0 Å². The highest BCUT2D eigenvalue weighted by Crippen LogP contribution is 2.45. The molecule has 10 heteroatoms. The maximum atomic E-state index is 12.6. The molecular formula is C19H20N2O8. The third kappa shape index (κ3) is 3.96. The summed E-state index contributed by atoms with van der Waals surface area (Å²) in [6, 6.07) is 5.69. The number of methoxy groups -OCH3 is 2. The van der Waals surface area contributed by atoms with Crippen LogP contribution < -0.4 is 0 Å². The van der Waals surface area contributed by atoms with Gasteiger partial charge in [0.25, 0.3) is 5.69 Å². The van der Waals surface area contributed by atoms with E-state index in [9.17, 15) is 29.6 Å². The molecule has 10 nitrogen and oxygen atoms in total. The SMILES string of the molecule is COC(=O)C1=C(C)N(CC(=O)O)C(C)=C(C(=O)OC)C1c1ccccc1[N+](=O)[O-]. The Labute approximate surface area is 166 Å². The molecule has 0 aliphatic carbocycles. The number of carboxylic acid groups (broad SMARTS) is 1. The van der Waals surface area contributed by atoms with Gasteiger partial charge < -0.3 is 19.5 Å². The second-order valence-electron chi connectivity index (χ2n) is 6.21. The van der Waals surface area contributed by atoms with Crippen LogP contribution in [0.4, 0.5) is 5.69 Å². The minimum Gasteiger partial charge on any atom is -0.480 e. The highest BCUT2D eigenvalue weighted by atomic mass is 16.6. The fraction of sp³-hybridized carbons (Fsp3) is 0.316. The van der Waals surface area contributed by atoms with Crippen molar-refractivity contribution in [2.75, 3.05) is 20.8 Å². The number of carbonyl (C=O) groups excluding carboxylic acids is 2. The lowest BCUT2D eigenvalue weighted by atomic mass is 9.79. The number of allylic oxidation sites excluding steroid dienone is 2. The van der Waals surface area contributed by atoms with E-state index in [4.69, 9.17) is 9.47 Å². The highest BCUT2D eigenvalue weighted by molar-refractivity contribution is 6.00. The zero-order valence-electron chi connectivity index (χ0n) is 16.3. The molecule has 1 aliphatic rings. The van der Waals surface area contributed by atoms with E-state index in [0.29, 0.717) is 0 Å². The van der Waals surface area contributed by atoms with E-state index in [0.717, 1.165) is 14.2 Å². The summed E-state index contributed by atoms with van der Waals surface area (Å²) in [5.74, 6) is -4.03. The van der Waals surface area contributed by atoms with Crippen molar-refractivity contribution in [3.63, 3.8) is 0 Å². The molecule has 1 aromatic carbocycles. The Kier molecular flexibility index (Phi) is 6.37. The van der Waals surface area contributed by atoms with Gasteiger partial charge in [-0.1, -0.05) is 18.2 Å². The van der Waals surface area contributed by atoms with Crippen LogP contribution in [0.2, 0.25) is 0 Å². The van der Waals surface area contributed by atoms with Gasteiger partial charge in [0.1, 0.15) is 6.54 Å². The lowest BCUT2D eigenvalue weighted by molar-refractivity contribution is -0.385. The topological polar surface area (TPSA) is 136 Å².